The van der Waals surface area contributed by atoms with Crippen LogP contribution in [0.25, 0.3) is 0 Å². The van der Waals surface area contributed by atoms with E-state index in [1.807, 2.05) is 0 Å². The van der Waals surface area contributed by atoms with Gasteiger partial charge >= 0.3 is 0 Å². The average Bonchev–Trinajstić information content (AvgIpc) is 3.90. The van der Waals surface area contributed by atoms with Gasteiger partial charge in [-0.15, -0.1) is 0 Å². The molecule has 10 rings (SSSR count). The highest BCUT2D eigenvalue weighted by atomic mass is 15.2. The third kappa shape index (κ3) is 12.6. The second-order valence-electron chi connectivity index (χ2n) is 15.1. The van der Waals surface area contributed by atoms with Gasteiger partial charge in [0.05, 0.1) is 0 Å². The summed E-state index contributed by atoms with van der Waals surface area (Å²) in [6.45, 7) is 10.4. The maximum absolute atomic E-state index is 2.36. The largest absolute Gasteiger partial charge is 0.374 e. The first-order chi connectivity index (χ1) is 25.3. The van der Waals surface area contributed by atoms with Crippen LogP contribution in [0.4, 0.5) is 11.4 Å². The number of rotatable bonds is 0. The maximum atomic E-state index is 2.36. The van der Waals surface area contributed by atoms with E-state index in [1.165, 1.54) is 102 Å². The number of benzene rings is 4. The van der Waals surface area contributed by atoms with Crippen molar-refractivity contribution in [2.75, 3.05) is 71.2 Å². The fourth-order valence-electron chi connectivity index (χ4n) is 7.81. The molecule has 1 aromatic heterocycles. The molecule has 55 heavy (non-hydrogen) atoms. The first-order valence-electron chi connectivity index (χ1n) is 19.3. The molecule has 0 saturated heterocycles. The van der Waals surface area contributed by atoms with E-state index in [1.54, 1.807) is 0 Å². The number of aryl methyl sites for hydroxylation is 1. The van der Waals surface area contributed by atoms with Crippen molar-refractivity contribution in [2.24, 2.45) is 0 Å². The van der Waals surface area contributed by atoms with Crippen LogP contribution >= 0.6 is 0 Å². The Kier molecular flexibility index (Phi) is 18.2. The molecule has 0 fully saturated rings. The van der Waals surface area contributed by atoms with Crippen molar-refractivity contribution in [3.05, 3.63) is 154 Å². The number of hydrogen-bond donors (Lipinski definition) is 0. The summed E-state index contributed by atoms with van der Waals surface area (Å²) < 4.78 is 2.32. The molecule has 0 amide bonds. The molecule has 5 aliphatic rings. The molecule has 0 saturated carbocycles. The lowest BCUT2D eigenvalue weighted by atomic mass is 10.0. The highest BCUT2D eigenvalue weighted by molar-refractivity contribution is 5.57. The molecule has 0 N–H and O–H groups in total. The molecule has 298 valence electrons. The number of likely N-dealkylation sites (N-methyl/N-ethyl adjacent to an activating group) is 3. The number of aromatic nitrogens is 1. The van der Waals surface area contributed by atoms with Gasteiger partial charge in [0.2, 0.25) is 0 Å². The van der Waals surface area contributed by atoms with Crippen LogP contribution in [0.5, 0.6) is 0 Å². The van der Waals surface area contributed by atoms with Crippen LogP contribution in [0.15, 0.2) is 115 Å². The molecule has 0 spiro atoms. The highest BCUT2D eigenvalue weighted by Gasteiger charge is 2.15. The molecule has 6 heterocycles. The fraction of sp³-hybridized carbons (Fsp3) is 0.429. The molecule has 6 heteroatoms. The van der Waals surface area contributed by atoms with Crippen molar-refractivity contribution in [2.45, 2.75) is 80.7 Å². The van der Waals surface area contributed by atoms with Crippen LogP contribution in [0.2, 0.25) is 0 Å². The van der Waals surface area contributed by atoms with E-state index in [9.17, 15) is 0 Å². The summed E-state index contributed by atoms with van der Waals surface area (Å²) in [6.07, 6.45) is 7.13. The number of anilines is 2. The zero-order chi connectivity index (χ0) is 36.3. The van der Waals surface area contributed by atoms with Gasteiger partial charge < -0.3 is 19.3 Å². The van der Waals surface area contributed by atoms with E-state index in [-0.39, 0.29) is 22.3 Å². The van der Waals surface area contributed by atoms with Gasteiger partial charge in [0.1, 0.15) is 0 Å². The van der Waals surface area contributed by atoms with Gasteiger partial charge in [-0.2, -0.15) is 0 Å². The smallest absolute Gasteiger partial charge is 0.0396 e. The minimum absolute atomic E-state index is 0. The fourth-order valence-corrected chi connectivity index (χ4v) is 7.81. The third-order valence-corrected chi connectivity index (χ3v) is 10.9. The van der Waals surface area contributed by atoms with E-state index in [4.69, 9.17) is 0 Å². The van der Waals surface area contributed by atoms with Gasteiger partial charge in [-0.05, 0) is 104 Å². The van der Waals surface area contributed by atoms with E-state index in [0.29, 0.717) is 0 Å². The standard InChI is InChI=1S/2C10H13N.2C9H11N.C8H12N2.3CH4/c1-11-8-4-6-9-5-2-3-7-10(9)11;1-11-7-6-9-4-2-3-5-10(9)8-11;1-10-6-8-4-2-3-5-9(8)7-10;1-10-7-6-8-4-2-3-5-9(8)10;1-9-5-6-10-4-2-3-8(10)7-9;;;/h2-3,5,7H,4,6,8H2,1H3;2-5H,6-8H2,1H3;2*2-5H,6-7H2,1H3;2-4H,5-7H2,1H3;3*1H4. The molecule has 0 atom stereocenters. The zero-order valence-corrected chi connectivity index (χ0v) is 32.3. The van der Waals surface area contributed by atoms with Gasteiger partial charge in [0.25, 0.3) is 0 Å². The summed E-state index contributed by atoms with van der Waals surface area (Å²) in [4.78, 5) is 11.7. The Bertz CT molecular complexity index is 1820. The van der Waals surface area contributed by atoms with Gasteiger partial charge in [-0.3, -0.25) is 9.80 Å². The zero-order valence-electron chi connectivity index (χ0n) is 32.3. The molecule has 5 aliphatic heterocycles. The first-order valence-corrected chi connectivity index (χ1v) is 19.3. The average molecular weight is 745 g/mol. The van der Waals surface area contributed by atoms with Crippen molar-refractivity contribution in [3.63, 3.8) is 0 Å². The van der Waals surface area contributed by atoms with Crippen LogP contribution in [-0.2, 0) is 52.0 Å². The van der Waals surface area contributed by atoms with Crippen molar-refractivity contribution in [1.29, 1.82) is 0 Å². The Morgan fingerprint density at radius 2 is 0.818 bits per heavy atom. The Hall–Kier alpha value is -4.36. The molecular weight excluding hydrogens is 673 g/mol. The predicted octanol–water partition coefficient (Wildman–Crippen LogP) is 9.90. The van der Waals surface area contributed by atoms with Crippen molar-refractivity contribution >= 4 is 11.4 Å². The van der Waals surface area contributed by atoms with Gasteiger partial charge in [0.15, 0.2) is 0 Å². The minimum Gasteiger partial charge on any atom is -0.374 e. The van der Waals surface area contributed by atoms with Gasteiger partial charge in [-0.1, -0.05) is 107 Å². The molecule has 0 aliphatic carbocycles. The Morgan fingerprint density at radius 3 is 1.42 bits per heavy atom. The Labute approximate surface area is 336 Å². The van der Waals surface area contributed by atoms with Crippen LogP contribution in [0, 0.1) is 0 Å². The topological polar surface area (TPSA) is 21.1 Å². The van der Waals surface area contributed by atoms with Crippen LogP contribution in [-0.4, -0.2) is 80.7 Å². The van der Waals surface area contributed by atoms with Gasteiger partial charge in [0, 0.05) is 96.3 Å². The summed E-state index contributed by atoms with van der Waals surface area (Å²) in [5.41, 5.74) is 13.3. The van der Waals surface area contributed by atoms with E-state index in [0.717, 1.165) is 32.7 Å². The number of para-hydroxylation sites is 2. The number of nitrogens with zero attached hydrogens (tertiary/aromatic N) is 6. The third-order valence-electron chi connectivity index (χ3n) is 10.9. The molecule has 0 radical (unpaired) electrons. The molecule has 0 bridgehead atoms. The lowest BCUT2D eigenvalue weighted by Crippen LogP contribution is -2.29. The minimum atomic E-state index is 0. The first kappa shape index (κ1) is 45.0. The Morgan fingerprint density at radius 1 is 0.364 bits per heavy atom. The van der Waals surface area contributed by atoms with Crippen LogP contribution in [0.1, 0.15) is 67.8 Å². The normalized spacial score (nSPS) is 16.2. The van der Waals surface area contributed by atoms with Crippen molar-refractivity contribution in [3.8, 4) is 0 Å². The monoisotopic (exact) mass is 745 g/mol. The second kappa shape index (κ2) is 22.3. The molecule has 5 aromatic rings. The Balaban J connectivity index is 0.000000182. The van der Waals surface area contributed by atoms with Crippen molar-refractivity contribution < 1.29 is 0 Å². The summed E-state index contributed by atoms with van der Waals surface area (Å²) in [7, 11) is 10.8. The summed E-state index contributed by atoms with van der Waals surface area (Å²) in [6, 6.07) is 38.9. The predicted molar refractivity (Wildman–Crippen MR) is 241 cm³/mol. The summed E-state index contributed by atoms with van der Waals surface area (Å²) >= 11 is 0. The summed E-state index contributed by atoms with van der Waals surface area (Å²) in [5, 5.41) is 0. The molecular formula is C49H72N6. The lowest BCUT2D eigenvalue weighted by Gasteiger charge is -2.26. The van der Waals surface area contributed by atoms with Gasteiger partial charge in [-0.25, -0.2) is 0 Å². The second-order valence-corrected chi connectivity index (χ2v) is 15.1. The highest BCUT2D eigenvalue weighted by Crippen LogP contribution is 2.26. The van der Waals surface area contributed by atoms with Crippen LogP contribution < -0.4 is 9.80 Å². The van der Waals surface area contributed by atoms with Crippen LogP contribution in [0.3, 0.4) is 0 Å². The van der Waals surface area contributed by atoms with Crippen molar-refractivity contribution in [1.82, 2.24) is 19.3 Å². The molecule has 6 nitrogen and oxygen atoms in total. The molecule has 4 aromatic carbocycles. The maximum Gasteiger partial charge on any atom is 0.0396 e. The lowest BCUT2D eigenvalue weighted by molar-refractivity contribution is 0.270. The molecule has 0 unspecified atom stereocenters. The van der Waals surface area contributed by atoms with E-state index < -0.39 is 0 Å². The number of fused-ring (bicyclic) bond motifs is 5. The quantitative estimate of drug-likeness (QED) is 0.157. The SMILES string of the molecule is C.C.C.CN1CCCc2ccccc21.CN1CCc2ccccc21.CN1CCc2ccccc2C1.CN1CCn2cccc2C1.CN1Cc2ccccc2C1. The summed E-state index contributed by atoms with van der Waals surface area (Å²) in [5.74, 6) is 0. The van der Waals surface area contributed by atoms with E-state index >= 15 is 0 Å². The van der Waals surface area contributed by atoms with E-state index in [2.05, 4.69) is 180 Å². The number of hydrogen-bond acceptors (Lipinski definition) is 5.